The van der Waals surface area contributed by atoms with Crippen molar-refractivity contribution in [3.63, 3.8) is 0 Å². The first-order valence-corrected chi connectivity index (χ1v) is 4.99. The van der Waals surface area contributed by atoms with E-state index in [1.54, 1.807) is 0 Å². The Balaban J connectivity index is 2.51. The van der Waals surface area contributed by atoms with Crippen LogP contribution in [0.1, 0.15) is 24.0 Å². The highest BCUT2D eigenvalue weighted by atomic mass is 14.9. The molecule has 0 aliphatic rings. The quantitative estimate of drug-likeness (QED) is 0.564. The molecule has 1 rings (SSSR count). The SMILES string of the molecule is C#CCCCNc1cccc(C)c1C. The van der Waals surface area contributed by atoms with Crippen molar-refractivity contribution in [2.24, 2.45) is 0 Å². The Bertz CT molecular complexity index is 334. The molecule has 0 aromatic heterocycles. The molecule has 0 saturated carbocycles. The average molecular weight is 187 g/mol. The van der Waals surface area contributed by atoms with Gasteiger partial charge in [-0.25, -0.2) is 0 Å². The summed E-state index contributed by atoms with van der Waals surface area (Å²) >= 11 is 0. The predicted octanol–water partition coefficient (Wildman–Crippen LogP) is 3.13. The van der Waals surface area contributed by atoms with Crippen molar-refractivity contribution in [3.05, 3.63) is 29.3 Å². The second-order valence-corrected chi connectivity index (χ2v) is 3.48. The van der Waals surface area contributed by atoms with Crippen LogP contribution in [-0.4, -0.2) is 6.54 Å². The molecule has 0 amide bonds. The van der Waals surface area contributed by atoms with E-state index in [9.17, 15) is 0 Å². The number of hydrogen-bond donors (Lipinski definition) is 1. The van der Waals surface area contributed by atoms with Crippen molar-refractivity contribution >= 4 is 5.69 Å². The standard InChI is InChI=1S/C13H17N/c1-4-5-6-10-14-13-9-7-8-11(2)12(13)3/h1,7-9,14H,5-6,10H2,2-3H3. The lowest BCUT2D eigenvalue weighted by Crippen LogP contribution is -2.03. The van der Waals surface area contributed by atoms with E-state index in [-0.39, 0.29) is 0 Å². The van der Waals surface area contributed by atoms with Crippen molar-refractivity contribution in [2.75, 3.05) is 11.9 Å². The molecule has 74 valence electrons. The van der Waals surface area contributed by atoms with E-state index in [1.807, 2.05) is 0 Å². The molecule has 1 nitrogen and oxygen atoms in total. The molecule has 0 fully saturated rings. The van der Waals surface area contributed by atoms with Gasteiger partial charge in [-0.1, -0.05) is 12.1 Å². The van der Waals surface area contributed by atoms with E-state index in [0.29, 0.717) is 0 Å². The van der Waals surface area contributed by atoms with E-state index in [0.717, 1.165) is 19.4 Å². The van der Waals surface area contributed by atoms with Gasteiger partial charge < -0.3 is 5.32 Å². The number of benzene rings is 1. The number of terminal acetylenes is 1. The Labute approximate surface area is 86.5 Å². The summed E-state index contributed by atoms with van der Waals surface area (Å²) in [5, 5.41) is 3.39. The van der Waals surface area contributed by atoms with Crippen molar-refractivity contribution in [1.82, 2.24) is 0 Å². The lowest BCUT2D eigenvalue weighted by atomic mass is 10.1. The fourth-order valence-electron chi connectivity index (χ4n) is 1.36. The second-order valence-electron chi connectivity index (χ2n) is 3.48. The molecule has 1 aromatic carbocycles. The summed E-state index contributed by atoms with van der Waals surface area (Å²) in [6.45, 7) is 5.22. The summed E-state index contributed by atoms with van der Waals surface area (Å²) in [5.41, 5.74) is 3.88. The molecule has 0 radical (unpaired) electrons. The van der Waals surface area contributed by atoms with Gasteiger partial charge in [0.25, 0.3) is 0 Å². The molecule has 0 heterocycles. The van der Waals surface area contributed by atoms with Gasteiger partial charge in [-0.15, -0.1) is 12.3 Å². The van der Waals surface area contributed by atoms with E-state index in [2.05, 4.69) is 43.3 Å². The van der Waals surface area contributed by atoms with Crippen LogP contribution in [0.4, 0.5) is 5.69 Å². The lowest BCUT2D eigenvalue weighted by Gasteiger charge is -2.10. The van der Waals surface area contributed by atoms with Crippen molar-refractivity contribution in [2.45, 2.75) is 26.7 Å². The van der Waals surface area contributed by atoms with Gasteiger partial charge in [-0.3, -0.25) is 0 Å². The van der Waals surface area contributed by atoms with Crippen molar-refractivity contribution < 1.29 is 0 Å². The molecule has 0 atom stereocenters. The smallest absolute Gasteiger partial charge is 0.0372 e. The van der Waals surface area contributed by atoms with Gasteiger partial charge in [-0.05, 0) is 37.5 Å². The third kappa shape index (κ3) is 2.81. The second kappa shape index (κ2) is 5.34. The molecule has 0 bridgehead atoms. The van der Waals surface area contributed by atoms with E-state index >= 15 is 0 Å². The Kier molecular flexibility index (Phi) is 4.07. The maximum Gasteiger partial charge on any atom is 0.0372 e. The summed E-state index contributed by atoms with van der Waals surface area (Å²) in [5.74, 6) is 2.64. The molecule has 14 heavy (non-hydrogen) atoms. The largest absolute Gasteiger partial charge is 0.385 e. The highest BCUT2D eigenvalue weighted by Gasteiger charge is 1.98. The zero-order valence-corrected chi connectivity index (χ0v) is 8.93. The minimum absolute atomic E-state index is 0.845. The lowest BCUT2D eigenvalue weighted by molar-refractivity contribution is 0.906. The first-order chi connectivity index (χ1) is 6.75. The van der Waals surface area contributed by atoms with Crippen LogP contribution in [0.3, 0.4) is 0 Å². The van der Waals surface area contributed by atoms with E-state index < -0.39 is 0 Å². The number of hydrogen-bond acceptors (Lipinski definition) is 1. The highest BCUT2D eigenvalue weighted by Crippen LogP contribution is 2.17. The number of nitrogens with one attached hydrogen (secondary N) is 1. The van der Waals surface area contributed by atoms with Crippen LogP contribution in [0.2, 0.25) is 0 Å². The van der Waals surface area contributed by atoms with Crippen LogP contribution in [0.25, 0.3) is 0 Å². The van der Waals surface area contributed by atoms with Crippen molar-refractivity contribution in [3.8, 4) is 12.3 Å². The third-order valence-corrected chi connectivity index (χ3v) is 2.42. The number of anilines is 1. The fraction of sp³-hybridized carbons (Fsp3) is 0.385. The summed E-state index contributed by atoms with van der Waals surface area (Å²) in [4.78, 5) is 0. The minimum atomic E-state index is 0.845. The van der Waals surface area contributed by atoms with E-state index in [4.69, 9.17) is 6.42 Å². The van der Waals surface area contributed by atoms with E-state index in [1.165, 1.54) is 16.8 Å². The van der Waals surface area contributed by atoms with Gasteiger partial charge in [0.2, 0.25) is 0 Å². The molecule has 0 aliphatic carbocycles. The van der Waals surface area contributed by atoms with Gasteiger partial charge in [-0.2, -0.15) is 0 Å². The number of aryl methyl sites for hydroxylation is 1. The summed E-state index contributed by atoms with van der Waals surface area (Å²) in [6, 6.07) is 6.31. The van der Waals surface area contributed by atoms with Crippen molar-refractivity contribution in [1.29, 1.82) is 0 Å². The average Bonchev–Trinajstić information content (AvgIpc) is 2.19. The molecule has 0 saturated heterocycles. The molecule has 0 aliphatic heterocycles. The fourth-order valence-corrected chi connectivity index (χ4v) is 1.36. The monoisotopic (exact) mass is 187 g/mol. The predicted molar refractivity (Wildman–Crippen MR) is 62.5 cm³/mol. The highest BCUT2D eigenvalue weighted by molar-refractivity contribution is 5.53. The Hall–Kier alpha value is -1.42. The van der Waals surface area contributed by atoms with Gasteiger partial charge in [0.05, 0.1) is 0 Å². The first kappa shape index (κ1) is 10.7. The van der Waals surface area contributed by atoms with Crippen LogP contribution in [0, 0.1) is 26.2 Å². The molecule has 0 unspecified atom stereocenters. The normalized spacial score (nSPS) is 9.50. The summed E-state index contributed by atoms with van der Waals surface area (Å²) in [6.07, 6.45) is 7.06. The Morgan fingerprint density at radius 3 is 2.86 bits per heavy atom. The Morgan fingerprint density at radius 1 is 1.36 bits per heavy atom. The molecule has 1 N–H and O–H groups in total. The van der Waals surface area contributed by atoms with Gasteiger partial charge in [0.15, 0.2) is 0 Å². The number of rotatable bonds is 4. The maximum absolute atomic E-state index is 5.18. The van der Waals surface area contributed by atoms with Crippen LogP contribution >= 0.6 is 0 Å². The molecular weight excluding hydrogens is 170 g/mol. The van der Waals surface area contributed by atoms with Crippen LogP contribution in [0.15, 0.2) is 18.2 Å². The third-order valence-electron chi connectivity index (χ3n) is 2.42. The molecule has 0 spiro atoms. The summed E-state index contributed by atoms with van der Waals surface area (Å²) in [7, 11) is 0. The zero-order valence-electron chi connectivity index (χ0n) is 8.93. The minimum Gasteiger partial charge on any atom is -0.385 e. The molecule has 1 heteroatoms. The summed E-state index contributed by atoms with van der Waals surface area (Å²) < 4.78 is 0. The zero-order chi connectivity index (χ0) is 10.4. The van der Waals surface area contributed by atoms with Gasteiger partial charge in [0.1, 0.15) is 0 Å². The van der Waals surface area contributed by atoms with Crippen LogP contribution in [-0.2, 0) is 0 Å². The van der Waals surface area contributed by atoms with Crippen LogP contribution < -0.4 is 5.32 Å². The van der Waals surface area contributed by atoms with Crippen LogP contribution in [0.5, 0.6) is 0 Å². The molecular formula is C13H17N. The van der Waals surface area contributed by atoms with Gasteiger partial charge >= 0.3 is 0 Å². The topological polar surface area (TPSA) is 12.0 Å². The Morgan fingerprint density at radius 2 is 2.14 bits per heavy atom. The van der Waals surface area contributed by atoms with Gasteiger partial charge in [0, 0.05) is 18.7 Å². The molecule has 1 aromatic rings. The maximum atomic E-state index is 5.18. The first-order valence-electron chi connectivity index (χ1n) is 4.99. The number of unbranched alkanes of at least 4 members (excludes halogenated alkanes) is 1.